The number of rotatable bonds is 6. The van der Waals surface area contributed by atoms with E-state index in [4.69, 9.17) is 0 Å². The van der Waals surface area contributed by atoms with Gasteiger partial charge in [-0.3, -0.25) is 14.4 Å². The number of fused-ring (bicyclic) bond motifs is 1. The van der Waals surface area contributed by atoms with Gasteiger partial charge >= 0.3 is 0 Å². The lowest BCUT2D eigenvalue weighted by molar-refractivity contribution is -0.117. The molecule has 0 aliphatic carbocycles. The summed E-state index contributed by atoms with van der Waals surface area (Å²) in [5.74, 6) is -0.572. The summed E-state index contributed by atoms with van der Waals surface area (Å²) >= 11 is 0. The second-order valence-electron chi connectivity index (χ2n) is 6.66. The van der Waals surface area contributed by atoms with Gasteiger partial charge in [-0.05, 0) is 39.0 Å². The highest BCUT2D eigenvalue weighted by molar-refractivity contribution is 6.03. The maximum atomic E-state index is 12.7. The van der Waals surface area contributed by atoms with Crippen LogP contribution in [0, 0.1) is 6.92 Å². The van der Waals surface area contributed by atoms with E-state index >= 15 is 0 Å². The minimum absolute atomic E-state index is 0.150. The van der Waals surface area contributed by atoms with Crippen LogP contribution in [0.25, 0.3) is 10.8 Å². The Kier molecular flexibility index (Phi) is 6.07. The van der Waals surface area contributed by atoms with Crippen molar-refractivity contribution in [2.45, 2.75) is 27.3 Å². The van der Waals surface area contributed by atoms with Gasteiger partial charge in [0.05, 0.1) is 22.3 Å². The molecule has 0 spiro atoms. The number of carbonyl (C=O) groups excluding carboxylic acids is 2. The number of hydrogen-bond donors (Lipinski definition) is 1. The van der Waals surface area contributed by atoms with Crippen LogP contribution in [-0.4, -0.2) is 39.6 Å². The summed E-state index contributed by atoms with van der Waals surface area (Å²) in [5, 5.41) is 8.30. The van der Waals surface area contributed by atoms with Crippen LogP contribution in [-0.2, 0) is 11.3 Å². The molecule has 0 unspecified atom stereocenters. The van der Waals surface area contributed by atoms with Crippen LogP contribution in [0.2, 0.25) is 0 Å². The zero-order valence-corrected chi connectivity index (χ0v) is 16.8. The largest absolute Gasteiger partial charge is 0.339 e. The molecule has 7 nitrogen and oxygen atoms in total. The molecule has 7 heteroatoms. The Morgan fingerprint density at radius 2 is 1.62 bits per heavy atom. The summed E-state index contributed by atoms with van der Waals surface area (Å²) in [6.45, 7) is 6.53. The number of aromatic nitrogens is 2. The molecule has 1 N–H and O–H groups in total. The fourth-order valence-corrected chi connectivity index (χ4v) is 3.30. The molecule has 0 aliphatic rings. The summed E-state index contributed by atoms with van der Waals surface area (Å²) < 4.78 is 1.15. The average Bonchev–Trinajstić information content (AvgIpc) is 2.73. The lowest BCUT2D eigenvalue weighted by Crippen LogP contribution is -2.33. The van der Waals surface area contributed by atoms with E-state index in [1.54, 1.807) is 48.2 Å². The van der Waals surface area contributed by atoms with Gasteiger partial charge in [-0.2, -0.15) is 5.10 Å². The Balaban J connectivity index is 1.86. The molecule has 2 aromatic carbocycles. The predicted octanol–water partition coefficient (Wildman–Crippen LogP) is 2.83. The third-order valence-corrected chi connectivity index (χ3v) is 4.83. The van der Waals surface area contributed by atoms with Crippen molar-refractivity contribution in [2.75, 3.05) is 18.4 Å². The molecule has 150 valence electrons. The van der Waals surface area contributed by atoms with E-state index < -0.39 is 5.91 Å². The molecular formula is C22H24N4O3. The third-order valence-electron chi connectivity index (χ3n) is 4.83. The number of nitrogens with zero attached hydrogens (tertiary/aromatic N) is 3. The van der Waals surface area contributed by atoms with E-state index in [-0.39, 0.29) is 18.0 Å². The minimum atomic E-state index is -0.422. The van der Waals surface area contributed by atoms with Gasteiger partial charge in [0.1, 0.15) is 6.54 Å². The highest BCUT2D eigenvalue weighted by Crippen LogP contribution is 2.18. The molecule has 0 saturated carbocycles. The van der Waals surface area contributed by atoms with Gasteiger partial charge in [0.2, 0.25) is 5.91 Å². The summed E-state index contributed by atoms with van der Waals surface area (Å²) in [6.07, 6.45) is 0. The summed E-state index contributed by atoms with van der Waals surface area (Å²) in [7, 11) is 0. The van der Waals surface area contributed by atoms with E-state index in [9.17, 15) is 14.4 Å². The van der Waals surface area contributed by atoms with Crippen LogP contribution in [0.4, 0.5) is 5.69 Å². The standard InChI is InChI=1S/C22H24N4O3/c1-4-25(5-2)21(28)18-12-8-9-13-19(18)23-20(27)14-26-22(29)17-11-7-6-10-16(17)15(3)24-26/h6-13H,4-5,14H2,1-3H3,(H,23,27). The molecule has 0 atom stereocenters. The number of amides is 2. The average molecular weight is 392 g/mol. The molecule has 29 heavy (non-hydrogen) atoms. The van der Waals surface area contributed by atoms with Crippen molar-refractivity contribution in [1.29, 1.82) is 0 Å². The third kappa shape index (κ3) is 4.18. The fourth-order valence-electron chi connectivity index (χ4n) is 3.30. The minimum Gasteiger partial charge on any atom is -0.339 e. The lowest BCUT2D eigenvalue weighted by Gasteiger charge is -2.20. The Morgan fingerprint density at radius 1 is 1.00 bits per heavy atom. The van der Waals surface area contributed by atoms with Crippen molar-refractivity contribution in [2.24, 2.45) is 0 Å². The first-order chi connectivity index (χ1) is 14.0. The molecule has 0 saturated heterocycles. The summed E-state index contributed by atoms with van der Waals surface area (Å²) in [6, 6.07) is 14.0. The molecule has 1 aromatic heterocycles. The quantitative estimate of drug-likeness (QED) is 0.699. The highest BCUT2D eigenvalue weighted by atomic mass is 16.2. The smallest absolute Gasteiger partial charge is 0.275 e. The maximum Gasteiger partial charge on any atom is 0.275 e. The van der Waals surface area contributed by atoms with Gasteiger partial charge in [0, 0.05) is 18.5 Å². The van der Waals surface area contributed by atoms with E-state index in [2.05, 4.69) is 10.4 Å². The molecule has 3 aromatic rings. The van der Waals surface area contributed by atoms with Crippen LogP contribution in [0.15, 0.2) is 53.3 Å². The van der Waals surface area contributed by atoms with E-state index in [0.29, 0.717) is 35.4 Å². The van der Waals surface area contributed by atoms with Crippen molar-refractivity contribution in [3.05, 3.63) is 70.1 Å². The summed E-state index contributed by atoms with van der Waals surface area (Å²) in [5.41, 5.74) is 1.18. The molecule has 1 heterocycles. The molecule has 2 amide bonds. The van der Waals surface area contributed by atoms with Gasteiger partial charge in [-0.25, -0.2) is 4.68 Å². The lowest BCUT2D eigenvalue weighted by atomic mass is 10.1. The first kappa shape index (κ1) is 20.3. The second-order valence-corrected chi connectivity index (χ2v) is 6.66. The van der Waals surface area contributed by atoms with E-state index in [1.807, 2.05) is 26.0 Å². The van der Waals surface area contributed by atoms with Gasteiger partial charge < -0.3 is 10.2 Å². The first-order valence-electron chi connectivity index (χ1n) is 9.60. The Hall–Kier alpha value is -3.48. The zero-order valence-electron chi connectivity index (χ0n) is 16.8. The van der Waals surface area contributed by atoms with Crippen LogP contribution < -0.4 is 10.9 Å². The Bertz CT molecular complexity index is 1120. The van der Waals surface area contributed by atoms with Crippen LogP contribution in [0.5, 0.6) is 0 Å². The van der Waals surface area contributed by atoms with Gasteiger partial charge in [-0.15, -0.1) is 0 Å². The SMILES string of the molecule is CCN(CC)C(=O)c1ccccc1NC(=O)Cn1nc(C)c2ccccc2c1=O. The molecule has 0 radical (unpaired) electrons. The van der Waals surface area contributed by atoms with E-state index in [1.165, 1.54) is 0 Å². The molecule has 0 fully saturated rings. The van der Waals surface area contributed by atoms with Crippen LogP contribution in [0.1, 0.15) is 29.9 Å². The molecule has 3 rings (SSSR count). The molecule has 0 bridgehead atoms. The number of anilines is 1. The van der Waals surface area contributed by atoms with Gasteiger partial charge in [0.25, 0.3) is 11.5 Å². The normalized spacial score (nSPS) is 10.7. The number of benzene rings is 2. The maximum absolute atomic E-state index is 12.7. The van der Waals surface area contributed by atoms with Crippen molar-refractivity contribution in [3.8, 4) is 0 Å². The number of carbonyl (C=O) groups is 2. The topological polar surface area (TPSA) is 84.3 Å². The number of hydrogen-bond acceptors (Lipinski definition) is 4. The van der Waals surface area contributed by atoms with Crippen molar-refractivity contribution >= 4 is 28.3 Å². The van der Waals surface area contributed by atoms with Crippen LogP contribution >= 0.6 is 0 Å². The van der Waals surface area contributed by atoms with Crippen LogP contribution in [0.3, 0.4) is 0 Å². The molecule has 0 aliphatic heterocycles. The monoisotopic (exact) mass is 392 g/mol. The fraction of sp³-hybridized carbons (Fsp3) is 0.273. The number of aryl methyl sites for hydroxylation is 1. The van der Waals surface area contributed by atoms with Crippen molar-refractivity contribution in [3.63, 3.8) is 0 Å². The zero-order chi connectivity index (χ0) is 21.0. The number of nitrogens with one attached hydrogen (secondary N) is 1. The van der Waals surface area contributed by atoms with Gasteiger partial charge in [-0.1, -0.05) is 30.3 Å². The second kappa shape index (κ2) is 8.68. The summed E-state index contributed by atoms with van der Waals surface area (Å²) in [4.78, 5) is 39.7. The van der Waals surface area contributed by atoms with Crippen molar-refractivity contribution in [1.82, 2.24) is 14.7 Å². The highest BCUT2D eigenvalue weighted by Gasteiger charge is 2.18. The van der Waals surface area contributed by atoms with E-state index in [0.717, 1.165) is 10.1 Å². The molecular weight excluding hydrogens is 368 g/mol. The van der Waals surface area contributed by atoms with Crippen molar-refractivity contribution < 1.29 is 9.59 Å². The van der Waals surface area contributed by atoms with Gasteiger partial charge in [0.15, 0.2) is 0 Å². The first-order valence-corrected chi connectivity index (χ1v) is 9.60. The number of para-hydroxylation sites is 1. The Morgan fingerprint density at radius 3 is 2.31 bits per heavy atom. The predicted molar refractivity (Wildman–Crippen MR) is 113 cm³/mol. The Labute approximate surface area is 169 Å².